The number of anilines is 1. The van der Waals surface area contributed by atoms with Gasteiger partial charge in [-0.2, -0.15) is 0 Å². The van der Waals surface area contributed by atoms with Crippen LogP contribution in [0.15, 0.2) is 24.3 Å². The predicted octanol–water partition coefficient (Wildman–Crippen LogP) is 2.76. The van der Waals surface area contributed by atoms with E-state index in [2.05, 4.69) is 10.1 Å². The first kappa shape index (κ1) is 15.3. The van der Waals surface area contributed by atoms with Crippen molar-refractivity contribution in [1.82, 2.24) is 4.90 Å². The topological polar surface area (TPSA) is 58.6 Å². The van der Waals surface area contributed by atoms with Crippen LogP contribution in [0.2, 0.25) is 5.02 Å². The number of hydrogen-bond donors (Lipinski definition) is 1. The quantitative estimate of drug-likeness (QED) is 0.865. The summed E-state index contributed by atoms with van der Waals surface area (Å²) in [5.41, 5.74) is 0.616. The second-order valence-electron chi connectivity index (χ2n) is 4.23. The van der Waals surface area contributed by atoms with Gasteiger partial charge in [-0.25, -0.2) is 4.79 Å². The molecule has 0 atom stereocenters. The number of rotatable bonds is 4. The third-order valence-electron chi connectivity index (χ3n) is 2.51. The van der Waals surface area contributed by atoms with E-state index in [1.165, 1.54) is 12.0 Å². The molecule has 1 aromatic carbocycles. The first-order chi connectivity index (χ1) is 8.93. The van der Waals surface area contributed by atoms with Crippen molar-refractivity contribution in [2.45, 2.75) is 19.9 Å². The maximum Gasteiger partial charge on any atom is 0.325 e. The number of carbonyl (C=O) groups excluding carboxylic acids is 2. The highest BCUT2D eigenvalue weighted by molar-refractivity contribution is 6.30. The molecular formula is C13H17ClN2O3. The number of carbonyl (C=O) groups is 2. The fraction of sp³-hybridized carbons (Fsp3) is 0.385. The van der Waals surface area contributed by atoms with Crippen LogP contribution < -0.4 is 5.32 Å². The molecule has 104 valence electrons. The summed E-state index contributed by atoms with van der Waals surface area (Å²) in [4.78, 5) is 24.7. The van der Waals surface area contributed by atoms with Gasteiger partial charge in [0.15, 0.2) is 0 Å². The van der Waals surface area contributed by atoms with Gasteiger partial charge in [0.05, 0.1) is 7.11 Å². The monoisotopic (exact) mass is 284 g/mol. The minimum atomic E-state index is -0.458. The second-order valence-corrected chi connectivity index (χ2v) is 4.67. The molecule has 0 saturated carbocycles. The van der Waals surface area contributed by atoms with Crippen LogP contribution >= 0.6 is 11.6 Å². The van der Waals surface area contributed by atoms with E-state index >= 15 is 0 Å². The van der Waals surface area contributed by atoms with Crippen LogP contribution in [-0.2, 0) is 9.53 Å². The lowest BCUT2D eigenvalue weighted by Crippen LogP contribution is -2.43. The molecule has 0 aliphatic carbocycles. The Morgan fingerprint density at radius 1 is 1.32 bits per heavy atom. The molecule has 2 amide bonds. The van der Waals surface area contributed by atoms with Crippen LogP contribution in [0.25, 0.3) is 0 Å². The number of methoxy groups -OCH3 is 1. The van der Waals surface area contributed by atoms with E-state index in [1.807, 2.05) is 13.8 Å². The number of esters is 1. The second kappa shape index (κ2) is 6.99. The average Bonchev–Trinajstić information content (AvgIpc) is 2.37. The molecule has 0 aromatic heterocycles. The van der Waals surface area contributed by atoms with Crippen molar-refractivity contribution in [3.8, 4) is 0 Å². The van der Waals surface area contributed by atoms with Crippen molar-refractivity contribution in [2.24, 2.45) is 0 Å². The largest absolute Gasteiger partial charge is 0.468 e. The Balaban J connectivity index is 2.71. The fourth-order valence-electron chi connectivity index (χ4n) is 1.42. The third-order valence-corrected chi connectivity index (χ3v) is 2.76. The number of hydrogen-bond acceptors (Lipinski definition) is 3. The Labute approximate surface area is 117 Å². The lowest BCUT2D eigenvalue weighted by molar-refractivity contribution is -0.141. The molecule has 0 fully saturated rings. The maximum atomic E-state index is 12.1. The van der Waals surface area contributed by atoms with Crippen molar-refractivity contribution in [1.29, 1.82) is 0 Å². The summed E-state index contributed by atoms with van der Waals surface area (Å²) >= 11 is 5.76. The summed E-state index contributed by atoms with van der Waals surface area (Å²) in [5, 5.41) is 3.29. The molecule has 0 saturated heterocycles. The van der Waals surface area contributed by atoms with E-state index < -0.39 is 5.97 Å². The molecule has 6 heteroatoms. The van der Waals surface area contributed by atoms with Gasteiger partial charge < -0.3 is 15.0 Å². The van der Waals surface area contributed by atoms with Crippen LogP contribution in [0.5, 0.6) is 0 Å². The van der Waals surface area contributed by atoms with Crippen LogP contribution in [0.4, 0.5) is 10.5 Å². The van der Waals surface area contributed by atoms with Crippen molar-refractivity contribution >= 4 is 29.3 Å². The van der Waals surface area contributed by atoms with Gasteiger partial charge in [-0.15, -0.1) is 0 Å². The van der Waals surface area contributed by atoms with E-state index in [0.717, 1.165) is 0 Å². The molecule has 0 unspecified atom stereocenters. The van der Waals surface area contributed by atoms with Gasteiger partial charge in [0.25, 0.3) is 0 Å². The van der Waals surface area contributed by atoms with Crippen molar-refractivity contribution in [3.05, 3.63) is 29.3 Å². The van der Waals surface area contributed by atoms with Crippen molar-refractivity contribution < 1.29 is 14.3 Å². The first-order valence-corrected chi connectivity index (χ1v) is 6.22. The highest BCUT2D eigenvalue weighted by Crippen LogP contribution is 2.14. The van der Waals surface area contributed by atoms with Gasteiger partial charge in [0.1, 0.15) is 6.54 Å². The summed E-state index contributed by atoms with van der Waals surface area (Å²) in [6.45, 7) is 3.56. The van der Waals surface area contributed by atoms with Gasteiger partial charge in [-0.05, 0) is 38.1 Å². The minimum Gasteiger partial charge on any atom is -0.468 e. The minimum absolute atomic E-state index is 0.0897. The molecule has 1 aromatic rings. The van der Waals surface area contributed by atoms with E-state index in [9.17, 15) is 9.59 Å². The number of urea groups is 1. The zero-order valence-electron chi connectivity index (χ0n) is 11.1. The van der Waals surface area contributed by atoms with E-state index in [-0.39, 0.29) is 18.6 Å². The van der Waals surface area contributed by atoms with Gasteiger partial charge in [0.2, 0.25) is 0 Å². The van der Waals surface area contributed by atoms with Crippen LogP contribution in [0.1, 0.15) is 13.8 Å². The number of nitrogens with zero attached hydrogens (tertiary/aromatic N) is 1. The highest BCUT2D eigenvalue weighted by atomic mass is 35.5. The number of amides is 2. The summed E-state index contributed by atoms with van der Waals surface area (Å²) in [7, 11) is 1.29. The summed E-state index contributed by atoms with van der Waals surface area (Å²) < 4.78 is 4.57. The smallest absolute Gasteiger partial charge is 0.325 e. The van der Waals surface area contributed by atoms with E-state index in [1.54, 1.807) is 24.3 Å². The molecule has 0 aliphatic rings. The Morgan fingerprint density at radius 3 is 2.37 bits per heavy atom. The molecule has 0 radical (unpaired) electrons. The van der Waals surface area contributed by atoms with Crippen LogP contribution in [-0.4, -0.2) is 36.6 Å². The lowest BCUT2D eigenvalue weighted by Gasteiger charge is -2.25. The molecule has 0 heterocycles. The maximum absolute atomic E-state index is 12.1. The Morgan fingerprint density at radius 2 is 1.89 bits per heavy atom. The zero-order chi connectivity index (χ0) is 14.4. The average molecular weight is 285 g/mol. The summed E-state index contributed by atoms with van der Waals surface area (Å²) in [6, 6.07) is 6.26. The molecule has 5 nitrogen and oxygen atoms in total. The van der Waals surface area contributed by atoms with Gasteiger partial charge in [0, 0.05) is 16.8 Å². The van der Waals surface area contributed by atoms with Gasteiger partial charge in [-0.3, -0.25) is 4.79 Å². The molecule has 0 aliphatic heterocycles. The molecule has 1 N–H and O–H groups in total. The summed E-state index contributed by atoms with van der Waals surface area (Å²) in [5.74, 6) is -0.458. The number of halogens is 1. The Kier molecular flexibility index (Phi) is 5.63. The first-order valence-electron chi connectivity index (χ1n) is 5.84. The number of benzene rings is 1. The predicted molar refractivity (Wildman–Crippen MR) is 74.3 cm³/mol. The highest BCUT2D eigenvalue weighted by Gasteiger charge is 2.20. The molecule has 19 heavy (non-hydrogen) atoms. The normalized spacial score (nSPS) is 10.2. The number of nitrogens with one attached hydrogen (secondary N) is 1. The SMILES string of the molecule is COC(=O)CN(C(=O)Nc1ccc(Cl)cc1)C(C)C. The van der Waals surface area contributed by atoms with Crippen LogP contribution in [0, 0.1) is 0 Å². The van der Waals surface area contributed by atoms with Crippen molar-refractivity contribution in [2.75, 3.05) is 19.0 Å². The van der Waals surface area contributed by atoms with Crippen molar-refractivity contribution in [3.63, 3.8) is 0 Å². The summed E-state index contributed by atoms with van der Waals surface area (Å²) in [6.07, 6.45) is 0. The molecule has 0 bridgehead atoms. The molecule has 1 rings (SSSR count). The van der Waals surface area contributed by atoms with E-state index in [4.69, 9.17) is 11.6 Å². The number of ether oxygens (including phenoxy) is 1. The zero-order valence-corrected chi connectivity index (χ0v) is 11.9. The van der Waals surface area contributed by atoms with Gasteiger partial charge in [-0.1, -0.05) is 11.6 Å². The van der Waals surface area contributed by atoms with Crippen LogP contribution in [0.3, 0.4) is 0 Å². The van der Waals surface area contributed by atoms with Gasteiger partial charge >= 0.3 is 12.0 Å². The fourth-order valence-corrected chi connectivity index (χ4v) is 1.55. The Hall–Kier alpha value is -1.75. The standard InChI is InChI=1S/C13H17ClN2O3/c1-9(2)16(8-12(17)19-3)13(18)15-11-6-4-10(14)5-7-11/h4-7,9H,8H2,1-3H3,(H,15,18). The lowest BCUT2D eigenvalue weighted by atomic mass is 10.3. The van der Waals surface area contributed by atoms with E-state index in [0.29, 0.717) is 10.7 Å². The molecular weight excluding hydrogens is 268 g/mol. The molecule has 0 spiro atoms. The third kappa shape index (κ3) is 4.79. The Bertz CT molecular complexity index is 446.